The molecule has 2 heterocycles. The number of hydrogen-bond acceptors (Lipinski definition) is 5. The highest BCUT2D eigenvalue weighted by molar-refractivity contribution is 6.16. The van der Waals surface area contributed by atoms with Crippen LogP contribution < -0.4 is 0 Å². The Balaban J connectivity index is 1.81. The van der Waals surface area contributed by atoms with Crippen molar-refractivity contribution in [2.24, 2.45) is 4.99 Å². The third kappa shape index (κ3) is 3.19. The van der Waals surface area contributed by atoms with Crippen molar-refractivity contribution in [3.63, 3.8) is 0 Å². The van der Waals surface area contributed by atoms with Crippen LogP contribution in [0.2, 0.25) is 0 Å². The summed E-state index contributed by atoms with van der Waals surface area (Å²) in [5, 5.41) is 0. The maximum absolute atomic E-state index is 13.3. The Bertz CT molecular complexity index is 977. The lowest BCUT2D eigenvalue weighted by Crippen LogP contribution is -2.21. The normalized spacial score (nSPS) is 16.6. The molecule has 0 saturated heterocycles. The molecular weight excluding hydrogens is 342 g/mol. The molecule has 0 aliphatic carbocycles. The van der Waals surface area contributed by atoms with E-state index in [0.29, 0.717) is 17.7 Å². The quantitative estimate of drug-likeness (QED) is 0.617. The summed E-state index contributed by atoms with van der Waals surface area (Å²) >= 11 is 0. The summed E-state index contributed by atoms with van der Waals surface area (Å²) in [6.45, 7) is 0.580. The third-order valence-corrected chi connectivity index (χ3v) is 4.78. The first-order chi connectivity index (χ1) is 13.3. The molecule has 27 heavy (non-hydrogen) atoms. The van der Waals surface area contributed by atoms with Gasteiger partial charge in [0.05, 0.1) is 24.1 Å². The molecule has 0 N–H and O–H groups in total. The van der Waals surface area contributed by atoms with Crippen molar-refractivity contribution >= 4 is 24.2 Å². The topological polar surface area (TPSA) is 68.9 Å². The van der Waals surface area contributed by atoms with Gasteiger partial charge in [0, 0.05) is 23.3 Å². The van der Waals surface area contributed by atoms with Gasteiger partial charge >= 0.3 is 0 Å². The van der Waals surface area contributed by atoms with Gasteiger partial charge in [-0.1, -0.05) is 42.5 Å². The van der Waals surface area contributed by atoms with E-state index in [2.05, 4.69) is 4.99 Å². The summed E-state index contributed by atoms with van der Waals surface area (Å²) in [6.07, 6.45) is 4.76. The van der Waals surface area contributed by atoms with Crippen LogP contribution in [0.25, 0.3) is 0 Å². The fourth-order valence-electron chi connectivity index (χ4n) is 3.48. The first kappa shape index (κ1) is 17.0. The van der Waals surface area contributed by atoms with Crippen LogP contribution in [0.15, 0.2) is 76.5 Å². The Hall–Kier alpha value is -3.47. The maximum atomic E-state index is 13.3. The second-order valence-corrected chi connectivity index (χ2v) is 6.31. The van der Waals surface area contributed by atoms with Crippen LogP contribution in [0.1, 0.15) is 38.9 Å². The fourth-order valence-corrected chi connectivity index (χ4v) is 3.48. The molecule has 134 valence electrons. The number of carbonyl (C=O) groups excluding carboxylic acids is 2. The van der Waals surface area contributed by atoms with Crippen molar-refractivity contribution in [2.75, 3.05) is 6.61 Å². The van der Waals surface area contributed by atoms with E-state index in [0.717, 1.165) is 16.7 Å². The molecule has 0 bridgehead atoms. The van der Waals surface area contributed by atoms with Crippen molar-refractivity contribution in [1.29, 1.82) is 0 Å². The Labute approximate surface area is 156 Å². The number of ether oxygens (including phenoxy) is 1. The van der Waals surface area contributed by atoms with Gasteiger partial charge in [0.2, 0.25) is 0 Å². The number of hydrogen-bond donors (Lipinski definition) is 0. The van der Waals surface area contributed by atoms with E-state index in [1.165, 1.54) is 0 Å². The van der Waals surface area contributed by atoms with Gasteiger partial charge in [-0.3, -0.25) is 14.6 Å². The first-order valence-electron chi connectivity index (χ1n) is 8.63. The highest BCUT2D eigenvalue weighted by Crippen LogP contribution is 2.38. The standard InChI is InChI=1S/C22H17NO4/c24-14-27-13-19(15-5-2-1-3-6-15)17-7-4-8-20-21(17)22(25)18(11-23-20)16-9-10-26-12-16/h1-12,14,18-19H,13H2. The number of carbonyl (C=O) groups is 2. The molecule has 2 unspecified atom stereocenters. The second-order valence-electron chi connectivity index (χ2n) is 6.31. The van der Waals surface area contributed by atoms with E-state index < -0.39 is 5.92 Å². The monoisotopic (exact) mass is 359 g/mol. The zero-order valence-corrected chi connectivity index (χ0v) is 14.4. The van der Waals surface area contributed by atoms with Gasteiger partial charge in [-0.15, -0.1) is 0 Å². The molecule has 1 aliphatic heterocycles. The molecule has 0 spiro atoms. The lowest BCUT2D eigenvalue weighted by atomic mass is 9.82. The highest BCUT2D eigenvalue weighted by Gasteiger charge is 2.31. The molecule has 4 rings (SSSR count). The number of nitrogens with zero attached hydrogens (tertiary/aromatic N) is 1. The Kier molecular flexibility index (Phi) is 4.66. The summed E-state index contributed by atoms with van der Waals surface area (Å²) in [6, 6.07) is 17.0. The van der Waals surface area contributed by atoms with Gasteiger partial charge in [0.1, 0.15) is 6.61 Å². The molecule has 1 aliphatic rings. The largest absolute Gasteiger partial charge is 0.472 e. The molecule has 0 saturated carbocycles. The maximum Gasteiger partial charge on any atom is 0.293 e. The minimum atomic E-state index is -0.485. The van der Waals surface area contributed by atoms with Crippen LogP contribution in [-0.2, 0) is 9.53 Å². The van der Waals surface area contributed by atoms with Gasteiger partial charge in [-0.05, 0) is 23.3 Å². The van der Waals surface area contributed by atoms with E-state index in [-0.39, 0.29) is 18.3 Å². The number of rotatable bonds is 6. The molecule has 0 fully saturated rings. The molecule has 3 aromatic rings. The smallest absolute Gasteiger partial charge is 0.293 e. The summed E-state index contributed by atoms with van der Waals surface area (Å²) < 4.78 is 10.2. The molecule has 5 nitrogen and oxygen atoms in total. The predicted octanol–water partition coefficient (Wildman–Crippen LogP) is 4.27. The predicted molar refractivity (Wildman–Crippen MR) is 101 cm³/mol. The minimum absolute atomic E-state index is 0.0379. The minimum Gasteiger partial charge on any atom is -0.472 e. The molecule has 5 heteroatoms. The SMILES string of the molecule is O=COCC(c1ccccc1)c1cccc2c1C(=O)C(c1ccoc1)C=N2. The van der Waals surface area contributed by atoms with E-state index in [1.54, 1.807) is 24.8 Å². The second kappa shape index (κ2) is 7.41. The van der Waals surface area contributed by atoms with Gasteiger partial charge in [-0.2, -0.15) is 0 Å². The van der Waals surface area contributed by atoms with Crippen LogP contribution >= 0.6 is 0 Å². The van der Waals surface area contributed by atoms with Crippen molar-refractivity contribution < 1.29 is 18.7 Å². The van der Waals surface area contributed by atoms with E-state index >= 15 is 0 Å². The van der Waals surface area contributed by atoms with E-state index in [4.69, 9.17) is 9.15 Å². The fraction of sp³-hybridized carbons (Fsp3) is 0.136. The zero-order valence-electron chi connectivity index (χ0n) is 14.4. The molecular formula is C22H17NO4. The average Bonchev–Trinajstić information content (AvgIpc) is 3.24. The number of ketones is 1. The van der Waals surface area contributed by atoms with E-state index in [9.17, 15) is 9.59 Å². The lowest BCUT2D eigenvalue weighted by Gasteiger charge is -2.24. The number of aliphatic imine (C=N–C) groups is 1. The molecule has 0 radical (unpaired) electrons. The van der Waals surface area contributed by atoms with Crippen LogP contribution in [0.4, 0.5) is 5.69 Å². The highest BCUT2D eigenvalue weighted by atomic mass is 16.5. The Morgan fingerprint density at radius 3 is 2.70 bits per heavy atom. The number of fused-ring (bicyclic) bond motifs is 1. The summed E-state index contributed by atoms with van der Waals surface area (Å²) in [7, 11) is 0. The van der Waals surface area contributed by atoms with Gasteiger partial charge in [-0.25, -0.2) is 0 Å². The van der Waals surface area contributed by atoms with Crippen LogP contribution in [0.5, 0.6) is 0 Å². The van der Waals surface area contributed by atoms with Crippen molar-refractivity contribution in [3.8, 4) is 0 Å². The zero-order chi connectivity index (χ0) is 18.6. The van der Waals surface area contributed by atoms with Crippen molar-refractivity contribution in [1.82, 2.24) is 0 Å². The first-order valence-corrected chi connectivity index (χ1v) is 8.63. The van der Waals surface area contributed by atoms with Crippen LogP contribution in [0, 0.1) is 0 Å². The van der Waals surface area contributed by atoms with Gasteiger partial charge in [0.25, 0.3) is 6.47 Å². The van der Waals surface area contributed by atoms with E-state index in [1.807, 2.05) is 48.5 Å². The number of Topliss-reactive ketones (excluding diaryl/α,β-unsaturated/α-hetero) is 1. The Morgan fingerprint density at radius 2 is 1.96 bits per heavy atom. The van der Waals surface area contributed by atoms with Gasteiger partial charge in [0.15, 0.2) is 5.78 Å². The molecule has 2 atom stereocenters. The summed E-state index contributed by atoms with van der Waals surface area (Å²) in [4.78, 5) is 28.6. The molecule has 1 aromatic heterocycles. The lowest BCUT2D eigenvalue weighted by molar-refractivity contribution is -0.128. The molecule has 2 aromatic carbocycles. The Morgan fingerprint density at radius 1 is 1.11 bits per heavy atom. The van der Waals surface area contributed by atoms with Crippen LogP contribution in [-0.4, -0.2) is 25.1 Å². The number of benzene rings is 2. The number of furan rings is 1. The summed E-state index contributed by atoms with van der Waals surface area (Å²) in [5.41, 5.74) is 3.73. The van der Waals surface area contributed by atoms with Crippen molar-refractivity contribution in [3.05, 3.63) is 89.4 Å². The molecule has 0 amide bonds. The average molecular weight is 359 g/mol. The van der Waals surface area contributed by atoms with Gasteiger partial charge < -0.3 is 9.15 Å². The van der Waals surface area contributed by atoms with Crippen molar-refractivity contribution in [2.45, 2.75) is 11.8 Å². The summed E-state index contributed by atoms with van der Waals surface area (Å²) in [5.74, 6) is -0.779. The third-order valence-electron chi connectivity index (χ3n) is 4.78. The van der Waals surface area contributed by atoms with Crippen LogP contribution in [0.3, 0.4) is 0 Å².